The standard InChI is InChI=1S/C21H22F2N4O4S/c1-13-19(21(29)26(25(13)3)15-8-6-5-7-9-15)24-20(28)14(2)27(32(4,30)31)16-10-11-17(22)18(23)12-16/h5-12,14H,1-4H3,(H,24,28)/t14-/m1/s1. The molecule has 1 amide bonds. The Balaban J connectivity index is 1.99. The van der Waals surface area contributed by atoms with Gasteiger partial charge in [0.15, 0.2) is 11.6 Å². The Morgan fingerprint density at radius 3 is 2.28 bits per heavy atom. The van der Waals surface area contributed by atoms with Crippen molar-refractivity contribution in [2.24, 2.45) is 7.05 Å². The number of halogens is 2. The zero-order valence-corrected chi connectivity index (χ0v) is 18.7. The molecule has 1 atom stereocenters. The van der Waals surface area contributed by atoms with Gasteiger partial charge in [-0.2, -0.15) is 0 Å². The first-order valence-electron chi connectivity index (χ1n) is 9.52. The molecule has 0 bridgehead atoms. The highest BCUT2D eigenvalue weighted by atomic mass is 32.2. The molecule has 1 heterocycles. The van der Waals surface area contributed by atoms with Crippen LogP contribution in [0.25, 0.3) is 5.69 Å². The number of amides is 1. The largest absolute Gasteiger partial charge is 0.318 e. The average Bonchev–Trinajstić information content (AvgIpc) is 2.93. The van der Waals surface area contributed by atoms with Gasteiger partial charge in [-0.15, -0.1) is 0 Å². The second-order valence-corrected chi connectivity index (χ2v) is 9.12. The van der Waals surface area contributed by atoms with Crippen LogP contribution in [-0.2, 0) is 21.9 Å². The fourth-order valence-electron chi connectivity index (χ4n) is 3.37. The van der Waals surface area contributed by atoms with E-state index >= 15 is 0 Å². The van der Waals surface area contributed by atoms with Crippen molar-refractivity contribution in [2.45, 2.75) is 19.9 Å². The second kappa shape index (κ2) is 8.58. The molecule has 0 aliphatic carbocycles. The van der Waals surface area contributed by atoms with E-state index in [0.29, 0.717) is 21.8 Å². The number of anilines is 2. The van der Waals surface area contributed by atoms with E-state index in [4.69, 9.17) is 0 Å². The first-order chi connectivity index (χ1) is 14.9. The summed E-state index contributed by atoms with van der Waals surface area (Å²) < 4.78 is 55.3. The van der Waals surface area contributed by atoms with Crippen LogP contribution in [-0.4, -0.2) is 36.0 Å². The van der Waals surface area contributed by atoms with Gasteiger partial charge >= 0.3 is 0 Å². The lowest BCUT2D eigenvalue weighted by Crippen LogP contribution is -2.46. The number of rotatable bonds is 6. The zero-order chi connectivity index (χ0) is 23.8. The summed E-state index contributed by atoms with van der Waals surface area (Å²) in [6.45, 7) is 2.91. The van der Waals surface area contributed by atoms with Gasteiger partial charge in [-0.25, -0.2) is 21.9 Å². The lowest BCUT2D eigenvalue weighted by molar-refractivity contribution is -0.116. The summed E-state index contributed by atoms with van der Waals surface area (Å²) in [5.41, 5.74) is 0.275. The summed E-state index contributed by atoms with van der Waals surface area (Å²) in [6, 6.07) is 9.93. The Morgan fingerprint density at radius 1 is 1.09 bits per heavy atom. The topological polar surface area (TPSA) is 93.4 Å². The van der Waals surface area contributed by atoms with Crippen molar-refractivity contribution in [3.05, 3.63) is 76.2 Å². The first-order valence-corrected chi connectivity index (χ1v) is 11.4. The van der Waals surface area contributed by atoms with Crippen LogP contribution in [0.15, 0.2) is 53.3 Å². The molecule has 2 aromatic carbocycles. The monoisotopic (exact) mass is 464 g/mol. The number of aromatic nitrogens is 2. The fourth-order valence-corrected chi connectivity index (χ4v) is 4.54. The van der Waals surface area contributed by atoms with Crippen molar-refractivity contribution in [2.75, 3.05) is 15.9 Å². The zero-order valence-electron chi connectivity index (χ0n) is 17.8. The van der Waals surface area contributed by atoms with Gasteiger partial charge in [0.25, 0.3) is 5.56 Å². The number of nitrogens with one attached hydrogen (secondary N) is 1. The molecule has 0 aliphatic heterocycles. The van der Waals surface area contributed by atoms with Gasteiger partial charge in [0.05, 0.1) is 23.3 Å². The predicted molar refractivity (Wildman–Crippen MR) is 118 cm³/mol. The van der Waals surface area contributed by atoms with Crippen molar-refractivity contribution in [1.29, 1.82) is 0 Å². The highest BCUT2D eigenvalue weighted by Gasteiger charge is 2.31. The molecule has 32 heavy (non-hydrogen) atoms. The minimum absolute atomic E-state index is 0.0214. The molecule has 0 unspecified atom stereocenters. The van der Waals surface area contributed by atoms with Crippen LogP contribution in [0.1, 0.15) is 12.6 Å². The number of benzene rings is 2. The highest BCUT2D eigenvalue weighted by Crippen LogP contribution is 2.24. The molecule has 170 valence electrons. The summed E-state index contributed by atoms with van der Waals surface area (Å²) in [5, 5.41) is 2.49. The van der Waals surface area contributed by atoms with Crippen molar-refractivity contribution < 1.29 is 22.0 Å². The van der Waals surface area contributed by atoms with Crippen LogP contribution in [0.5, 0.6) is 0 Å². The van der Waals surface area contributed by atoms with E-state index < -0.39 is 39.2 Å². The van der Waals surface area contributed by atoms with Crippen LogP contribution in [0.3, 0.4) is 0 Å². The first kappa shape index (κ1) is 23.2. The predicted octanol–water partition coefficient (Wildman–Crippen LogP) is 2.56. The Kier molecular flexibility index (Phi) is 6.22. The molecule has 0 fully saturated rings. The summed E-state index contributed by atoms with van der Waals surface area (Å²) in [6.07, 6.45) is 0.841. The van der Waals surface area contributed by atoms with E-state index in [9.17, 15) is 26.8 Å². The summed E-state index contributed by atoms with van der Waals surface area (Å²) in [5.74, 6) is -3.22. The quantitative estimate of drug-likeness (QED) is 0.607. The Bertz CT molecular complexity index is 1330. The maximum atomic E-state index is 13.7. The van der Waals surface area contributed by atoms with Crippen LogP contribution < -0.4 is 15.2 Å². The number of para-hydroxylation sites is 1. The van der Waals surface area contributed by atoms with Crippen LogP contribution in [0.4, 0.5) is 20.2 Å². The number of carbonyl (C=O) groups is 1. The number of hydrogen-bond donors (Lipinski definition) is 1. The van der Waals surface area contributed by atoms with Gasteiger partial charge in [0.2, 0.25) is 15.9 Å². The summed E-state index contributed by atoms with van der Waals surface area (Å²) >= 11 is 0. The third-order valence-electron chi connectivity index (χ3n) is 5.05. The molecule has 0 aliphatic rings. The van der Waals surface area contributed by atoms with Gasteiger partial charge in [-0.1, -0.05) is 18.2 Å². The Labute approximate surface area is 183 Å². The third kappa shape index (κ3) is 4.28. The van der Waals surface area contributed by atoms with Crippen molar-refractivity contribution in [3.63, 3.8) is 0 Å². The van der Waals surface area contributed by atoms with E-state index in [1.165, 1.54) is 11.6 Å². The lowest BCUT2D eigenvalue weighted by Gasteiger charge is -2.28. The molecular formula is C21H22F2N4O4S. The summed E-state index contributed by atoms with van der Waals surface area (Å²) in [7, 11) is -2.41. The van der Waals surface area contributed by atoms with Gasteiger partial charge in [0.1, 0.15) is 11.7 Å². The van der Waals surface area contributed by atoms with E-state index in [1.54, 1.807) is 49.0 Å². The fraction of sp³-hybridized carbons (Fsp3) is 0.238. The Hall–Kier alpha value is -3.47. The number of nitrogens with zero attached hydrogens (tertiary/aromatic N) is 3. The normalized spacial score (nSPS) is 12.4. The Morgan fingerprint density at radius 2 is 1.72 bits per heavy atom. The van der Waals surface area contributed by atoms with Crippen LogP contribution in [0.2, 0.25) is 0 Å². The lowest BCUT2D eigenvalue weighted by atomic mass is 10.2. The number of carbonyl (C=O) groups excluding carboxylic acids is 1. The number of hydrogen-bond acceptors (Lipinski definition) is 4. The molecule has 3 rings (SSSR count). The second-order valence-electron chi connectivity index (χ2n) is 7.26. The van der Waals surface area contributed by atoms with Gasteiger partial charge in [-0.05, 0) is 38.1 Å². The molecule has 8 nitrogen and oxygen atoms in total. The smallest absolute Gasteiger partial charge is 0.295 e. The average molecular weight is 464 g/mol. The maximum absolute atomic E-state index is 13.7. The minimum atomic E-state index is -4.06. The van der Waals surface area contributed by atoms with Crippen molar-refractivity contribution in [1.82, 2.24) is 9.36 Å². The van der Waals surface area contributed by atoms with E-state index in [2.05, 4.69) is 5.32 Å². The molecule has 0 saturated heterocycles. The van der Waals surface area contributed by atoms with Crippen LogP contribution in [0, 0.1) is 18.6 Å². The van der Waals surface area contributed by atoms with Gasteiger partial charge in [0, 0.05) is 13.1 Å². The molecule has 1 aromatic heterocycles. The van der Waals surface area contributed by atoms with E-state index in [0.717, 1.165) is 18.4 Å². The molecule has 0 radical (unpaired) electrons. The van der Waals surface area contributed by atoms with E-state index in [-0.39, 0.29) is 11.4 Å². The summed E-state index contributed by atoms with van der Waals surface area (Å²) in [4.78, 5) is 25.9. The molecule has 0 saturated carbocycles. The highest BCUT2D eigenvalue weighted by molar-refractivity contribution is 7.92. The molecule has 0 spiro atoms. The van der Waals surface area contributed by atoms with Crippen molar-refractivity contribution >= 4 is 27.3 Å². The van der Waals surface area contributed by atoms with E-state index in [1.807, 2.05) is 0 Å². The SMILES string of the molecule is Cc1c(NC(=O)[C@@H](C)N(c2ccc(F)c(F)c2)S(C)(=O)=O)c(=O)n(-c2ccccc2)n1C. The van der Waals surface area contributed by atoms with Crippen molar-refractivity contribution in [3.8, 4) is 5.69 Å². The molecule has 11 heteroatoms. The minimum Gasteiger partial charge on any atom is -0.318 e. The van der Waals surface area contributed by atoms with Gasteiger partial charge < -0.3 is 5.32 Å². The number of sulfonamides is 1. The van der Waals surface area contributed by atoms with Gasteiger partial charge in [-0.3, -0.25) is 18.6 Å². The van der Waals surface area contributed by atoms with Crippen LogP contribution >= 0.6 is 0 Å². The molecular weight excluding hydrogens is 442 g/mol. The molecule has 3 aromatic rings. The maximum Gasteiger partial charge on any atom is 0.295 e. The molecule has 1 N–H and O–H groups in total. The third-order valence-corrected chi connectivity index (χ3v) is 6.29.